The van der Waals surface area contributed by atoms with Crippen LogP contribution in [0.1, 0.15) is 37.6 Å². The summed E-state index contributed by atoms with van der Waals surface area (Å²) < 4.78 is 7.39. The molecule has 194 valence electrons. The summed E-state index contributed by atoms with van der Waals surface area (Å²) in [4.78, 5) is 41.2. The third-order valence-corrected chi connectivity index (χ3v) is 6.30. The number of hydrogen-bond donors (Lipinski definition) is 1. The molecule has 1 atom stereocenters. The van der Waals surface area contributed by atoms with Gasteiger partial charge in [0, 0.05) is 27.7 Å². The fourth-order valence-corrected chi connectivity index (χ4v) is 4.01. The number of rotatable bonds is 9. The van der Waals surface area contributed by atoms with Gasteiger partial charge in [-0.3, -0.25) is 19.7 Å². The predicted molar refractivity (Wildman–Crippen MR) is 149 cm³/mol. The highest BCUT2D eigenvalue weighted by atomic mass is 79.9. The van der Waals surface area contributed by atoms with Crippen molar-refractivity contribution in [1.29, 1.82) is 0 Å². The van der Waals surface area contributed by atoms with E-state index in [0.717, 1.165) is 10.9 Å². The lowest BCUT2D eigenvalue weighted by atomic mass is 10.1. The zero-order chi connectivity index (χ0) is 27.2. The van der Waals surface area contributed by atoms with Crippen molar-refractivity contribution in [2.24, 2.45) is 5.10 Å². The minimum absolute atomic E-state index is 0.0555. The van der Waals surface area contributed by atoms with Crippen LogP contribution in [0.3, 0.4) is 0 Å². The van der Waals surface area contributed by atoms with Crippen LogP contribution in [0.5, 0.6) is 5.75 Å². The summed E-state index contributed by atoms with van der Waals surface area (Å²) in [5.41, 5.74) is 0.838. The van der Waals surface area contributed by atoms with E-state index in [4.69, 9.17) is 4.74 Å². The summed E-state index contributed by atoms with van der Waals surface area (Å²) >= 11 is 3.38. The van der Waals surface area contributed by atoms with Crippen molar-refractivity contribution in [2.45, 2.75) is 26.2 Å². The first-order valence-corrected chi connectivity index (χ1v) is 12.6. The lowest BCUT2D eigenvalue weighted by Crippen LogP contribution is -2.23. The van der Waals surface area contributed by atoms with Crippen molar-refractivity contribution < 1.29 is 14.5 Å². The molecule has 1 heterocycles. The molecule has 1 aromatic heterocycles. The van der Waals surface area contributed by atoms with Gasteiger partial charge >= 0.3 is 5.69 Å². The summed E-state index contributed by atoms with van der Waals surface area (Å²) in [5, 5.41) is 19.1. The molecule has 0 spiro atoms. The molecule has 0 unspecified atom stereocenters. The Morgan fingerprint density at radius 3 is 2.68 bits per heavy atom. The summed E-state index contributed by atoms with van der Waals surface area (Å²) in [6, 6.07) is 18.3. The Kier molecular flexibility index (Phi) is 8.27. The first-order chi connectivity index (χ1) is 18.3. The molecule has 0 aliphatic heterocycles. The zero-order valence-corrected chi connectivity index (χ0v) is 22.2. The number of nitrogens with one attached hydrogen (secondary N) is 1. The van der Waals surface area contributed by atoms with E-state index in [9.17, 15) is 19.7 Å². The van der Waals surface area contributed by atoms with Gasteiger partial charge in [-0.1, -0.05) is 48.0 Å². The van der Waals surface area contributed by atoms with Gasteiger partial charge in [-0.15, -0.1) is 0 Å². The van der Waals surface area contributed by atoms with E-state index in [1.54, 1.807) is 42.5 Å². The Hall–Kier alpha value is -4.38. The van der Waals surface area contributed by atoms with E-state index >= 15 is 0 Å². The number of benzene rings is 3. The quantitative estimate of drug-likeness (QED) is 0.159. The minimum Gasteiger partial charge on any atom is -0.477 e. The number of fused-ring (bicyclic) bond motifs is 1. The Bertz CT molecular complexity index is 1590. The van der Waals surface area contributed by atoms with Gasteiger partial charge in [0.05, 0.1) is 22.0 Å². The lowest BCUT2D eigenvalue weighted by Gasteiger charge is -2.14. The van der Waals surface area contributed by atoms with E-state index in [2.05, 4.69) is 31.3 Å². The predicted octanol–water partition coefficient (Wildman–Crippen LogP) is 5.48. The Morgan fingerprint density at radius 2 is 1.97 bits per heavy atom. The summed E-state index contributed by atoms with van der Waals surface area (Å²) in [5.74, 6) is -0.0870. The maximum Gasteiger partial charge on any atom is 0.311 e. The molecule has 0 fully saturated rings. The molecule has 10 nitrogen and oxygen atoms in total. The first kappa shape index (κ1) is 26.7. The largest absolute Gasteiger partial charge is 0.477 e. The van der Waals surface area contributed by atoms with Crippen LogP contribution in [0, 0.1) is 10.1 Å². The second-order valence-electron chi connectivity index (χ2n) is 8.49. The number of carbonyl (C=O) groups is 1. The van der Waals surface area contributed by atoms with E-state index in [1.807, 2.05) is 26.0 Å². The van der Waals surface area contributed by atoms with Crippen LogP contribution in [0.15, 0.2) is 81.1 Å². The molecule has 0 saturated carbocycles. The number of nitro groups is 1. The number of hydrogen-bond acceptors (Lipinski definition) is 7. The molecule has 11 heteroatoms. The van der Waals surface area contributed by atoms with Gasteiger partial charge in [0.2, 0.25) is 0 Å². The molecule has 1 amide bonds. The third-order valence-electron chi connectivity index (χ3n) is 5.80. The van der Waals surface area contributed by atoms with Gasteiger partial charge in [0.15, 0.2) is 12.4 Å². The maximum absolute atomic E-state index is 13.3. The van der Waals surface area contributed by atoms with Crippen LogP contribution in [0.2, 0.25) is 0 Å². The van der Waals surface area contributed by atoms with Gasteiger partial charge < -0.3 is 10.1 Å². The molecular formula is C27H24BrN5O5. The highest BCUT2D eigenvalue weighted by Crippen LogP contribution is 2.28. The van der Waals surface area contributed by atoms with Crippen molar-refractivity contribution >= 4 is 50.3 Å². The van der Waals surface area contributed by atoms with Crippen LogP contribution >= 0.6 is 15.9 Å². The fraction of sp³-hybridized carbons (Fsp3) is 0.185. The van der Waals surface area contributed by atoms with Gasteiger partial charge in [-0.25, -0.2) is 4.98 Å². The highest BCUT2D eigenvalue weighted by Gasteiger charge is 2.18. The number of halogens is 1. The second-order valence-corrected chi connectivity index (χ2v) is 9.41. The lowest BCUT2D eigenvalue weighted by molar-refractivity contribution is -0.385. The standard InChI is InChI=1S/C27H24BrN5O5/c1-3-17(2)26-31-22-11-10-19(28)14-21(22)27(35)32(26)29-15-18-9-12-24(23(13-18)33(36)37)38-16-25(34)30-20-7-5-4-6-8-20/h4-15,17H,3,16H2,1-2H3,(H,30,34)/t17-/m0/s1. The Morgan fingerprint density at radius 1 is 1.21 bits per heavy atom. The average molecular weight is 578 g/mol. The van der Waals surface area contributed by atoms with E-state index in [1.165, 1.54) is 23.0 Å². The topological polar surface area (TPSA) is 129 Å². The zero-order valence-electron chi connectivity index (χ0n) is 20.6. The fourth-order valence-electron chi connectivity index (χ4n) is 3.64. The Balaban J connectivity index is 1.61. The summed E-state index contributed by atoms with van der Waals surface area (Å²) in [6.07, 6.45) is 2.09. The highest BCUT2D eigenvalue weighted by molar-refractivity contribution is 9.10. The number of amides is 1. The van der Waals surface area contributed by atoms with Crippen LogP contribution in [0.25, 0.3) is 10.9 Å². The molecular weight excluding hydrogens is 554 g/mol. The summed E-state index contributed by atoms with van der Waals surface area (Å²) in [7, 11) is 0. The van der Waals surface area contributed by atoms with Crippen molar-refractivity contribution in [2.75, 3.05) is 11.9 Å². The molecule has 0 bridgehead atoms. The van der Waals surface area contributed by atoms with Gasteiger partial charge in [0.25, 0.3) is 11.5 Å². The van der Waals surface area contributed by atoms with Crippen LogP contribution < -0.4 is 15.6 Å². The number of carbonyl (C=O) groups excluding carboxylic acids is 1. The summed E-state index contributed by atoms with van der Waals surface area (Å²) in [6.45, 7) is 3.53. The minimum atomic E-state index is -0.604. The molecule has 0 aliphatic carbocycles. The van der Waals surface area contributed by atoms with E-state index in [-0.39, 0.29) is 22.9 Å². The van der Waals surface area contributed by atoms with Gasteiger partial charge in [-0.2, -0.15) is 9.78 Å². The average Bonchev–Trinajstić information content (AvgIpc) is 2.91. The van der Waals surface area contributed by atoms with Gasteiger partial charge in [0.1, 0.15) is 5.82 Å². The van der Waals surface area contributed by atoms with E-state index in [0.29, 0.717) is 28.0 Å². The second kappa shape index (κ2) is 11.8. The van der Waals surface area contributed by atoms with Crippen molar-refractivity contribution in [1.82, 2.24) is 9.66 Å². The molecule has 0 aliphatic rings. The molecule has 0 radical (unpaired) electrons. The van der Waals surface area contributed by atoms with Crippen molar-refractivity contribution in [3.8, 4) is 5.75 Å². The molecule has 4 rings (SSSR count). The maximum atomic E-state index is 13.3. The van der Waals surface area contributed by atoms with Crippen molar-refractivity contribution in [3.63, 3.8) is 0 Å². The molecule has 0 saturated heterocycles. The third kappa shape index (κ3) is 6.12. The number of aromatic nitrogens is 2. The molecule has 3 aromatic carbocycles. The van der Waals surface area contributed by atoms with Crippen LogP contribution in [-0.2, 0) is 4.79 Å². The van der Waals surface area contributed by atoms with E-state index < -0.39 is 17.4 Å². The number of anilines is 1. The number of para-hydroxylation sites is 1. The number of nitro benzene ring substituents is 1. The number of nitrogens with zero attached hydrogens (tertiary/aromatic N) is 4. The van der Waals surface area contributed by atoms with Gasteiger partial charge in [-0.05, 0) is 48.9 Å². The smallest absolute Gasteiger partial charge is 0.311 e. The van der Waals surface area contributed by atoms with Crippen LogP contribution in [-0.4, -0.2) is 33.3 Å². The van der Waals surface area contributed by atoms with Crippen molar-refractivity contribution in [3.05, 3.63) is 103 Å². The molecule has 4 aromatic rings. The molecule has 38 heavy (non-hydrogen) atoms. The normalized spacial score (nSPS) is 12.0. The first-order valence-electron chi connectivity index (χ1n) is 11.8. The molecule has 1 N–H and O–H groups in total. The number of ether oxygens (including phenoxy) is 1. The monoisotopic (exact) mass is 577 g/mol. The SMILES string of the molecule is CC[C@H](C)c1nc2ccc(Br)cc2c(=O)n1N=Cc1ccc(OCC(=O)Nc2ccccc2)c([N+](=O)[O-])c1. The Labute approximate surface area is 226 Å². The van der Waals surface area contributed by atoms with Crippen LogP contribution in [0.4, 0.5) is 11.4 Å².